The van der Waals surface area contributed by atoms with Gasteiger partial charge in [0.15, 0.2) is 17.7 Å². The molecule has 0 spiro atoms. The molecule has 2 heterocycles. The number of phenolic OH excluding ortho intramolecular Hbond substituents is 1. The van der Waals surface area contributed by atoms with E-state index in [1.807, 2.05) is 24.3 Å². The smallest absolute Gasteiger partial charge is 0.311 e. The topological polar surface area (TPSA) is 123 Å². The van der Waals surface area contributed by atoms with Gasteiger partial charge in [0.05, 0.1) is 4.92 Å². The molecule has 4 rings (SSSR count). The number of fused-ring (bicyclic) bond motifs is 3. The van der Waals surface area contributed by atoms with Crippen LogP contribution in [0.5, 0.6) is 11.6 Å². The zero-order valence-electron chi connectivity index (χ0n) is 16.8. The third-order valence-corrected chi connectivity index (χ3v) is 5.74. The summed E-state index contributed by atoms with van der Waals surface area (Å²) in [7, 11) is 0. The van der Waals surface area contributed by atoms with Crippen LogP contribution >= 0.6 is 11.8 Å². The fourth-order valence-corrected chi connectivity index (χ4v) is 4.00. The van der Waals surface area contributed by atoms with Crippen LogP contribution in [0.15, 0.2) is 47.6 Å². The summed E-state index contributed by atoms with van der Waals surface area (Å²) in [6, 6.07) is 11.6. The van der Waals surface area contributed by atoms with Crippen LogP contribution in [-0.4, -0.2) is 31.0 Å². The van der Waals surface area contributed by atoms with E-state index in [1.165, 1.54) is 23.9 Å². The van der Waals surface area contributed by atoms with E-state index in [0.29, 0.717) is 22.3 Å². The monoisotopic (exact) mass is 439 g/mol. The minimum atomic E-state index is -0.767. The minimum absolute atomic E-state index is 0.297. The second kappa shape index (κ2) is 9.17. The average molecular weight is 439 g/mol. The number of para-hydroxylation sites is 1. The number of hydrogen-bond acceptors (Lipinski definition) is 9. The number of aromatic hydroxyl groups is 1. The number of hydrogen-bond donors (Lipinski definition) is 2. The third-order valence-electron chi connectivity index (χ3n) is 4.81. The molecular weight excluding hydrogens is 418 g/mol. The molecule has 0 fully saturated rings. The first-order valence-electron chi connectivity index (χ1n) is 9.94. The molecule has 1 atom stereocenters. The summed E-state index contributed by atoms with van der Waals surface area (Å²) in [4.78, 5) is 15.2. The highest BCUT2D eigenvalue weighted by Gasteiger charge is 2.27. The van der Waals surface area contributed by atoms with Crippen molar-refractivity contribution in [3.05, 3.63) is 58.1 Å². The van der Waals surface area contributed by atoms with Crippen LogP contribution in [0.1, 0.15) is 38.0 Å². The zero-order chi connectivity index (χ0) is 21.8. The molecule has 0 saturated heterocycles. The number of rotatable bonds is 7. The molecule has 0 amide bonds. The highest BCUT2D eigenvalue weighted by molar-refractivity contribution is 7.99. The highest BCUT2D eigenvalue weighted by atomic mass is 32.2. The number of thioether (sulfide) groups is 1. The minimum Gasteiger partial charge on any atom is -0.502 e. The van der Waals surface area contributed by atoms with Crippen molar-refractivity contribution in [2.24, 2.45) is 0 Å². The van der Waals surface area contributed by atoms with Crippen molar-refractivity contribution in [2.45, 2.75) is 37.6 Å². The van der Waals surface area contributed by atoms with Crippen molar-refractivity contribution in [1.82, 2.24) is 15.2 Å². The fourth-order valence-electron chi connectivity index (χ4n) is 3.22. The van der Waals surface area contributed by atoms with Crippen molar-refractivity contribution >= 4 is 23.1 Å². The van der Waals surface area contributed by atoms with Gasteiger partial charge in [-0.25, -0.2) is 0 Å². The molecule has 31 heavy (non-hydrogen) atoms. The van der Waals surface area contributed by atoms with Crippen molar-refractivity contribution in [3.8, 4) is 22.9 Å². The van der Waals surface area contributed by atoms with Crippen molar-refractivity contribution < 1.29 is 14.8 Å². The van der Waals surface area contributed by atoms with Gasteiger partial charge in [0, 0.05) is 28.6 Å². The first kappa shape index (κ1) is 20.9. The van der Waals surface area contributed by atoms with E-state index in [9.17, 15) is 15.2 Å². The summed E-state index contributed by atoms with van der Waals surface area (Å²) in [6.45, 7) is 2.15. The van der Waals surface area contributed by atoms with E-state index in [1.54, 1.807) is 6.07 Å². The van der Waals surface area contributed by atoms with Gasteiger partial charge in [-0.1, -0.05) is 49.7 Å². The van der Waals surface area contributed by atoms with Crippen LogP contribution < -0.4 is 10.1 Å². The number of nitrogens with zero attached hydrogens (tertiary/aromatic N) is 4. The Morgan fingerprint density at radius 1 is 1.23 bits per heavy atom. The van der Waals surface area contributed by atoms with Crippen LogP contribution in [0.2, 0.25) is 0 Å². The molecule has 3 aromatic rings. The number of unbranched alkanes of at least 4 members (excludes halogenated alkanes) is 2. The molecule has 2 aromatic carbocycles. The molecule has 160 valence electrons. The molecule has 0 bridgehead atoms. The first-order chi connectivity index (χ1) is 15.1. The number of nitro benzene ring substituents is 1. The average Bonchev–Trinajstić information content (AvgIpc) is 2.93. The van der Waals surface area contributed by atoms with E-state index < -0.39 is 22.6 Å². The number of ether oxygens (including phenoxy) is 1. The first-order valence-corrected chi connectivity index (χ1v) is 10.9. The van der Waals surface area contributed by atoms with Crippen LogP contribution in [0, 0.1) is 10.1 Å². The number of benzene rings is 2. The highest BCUT2D eigenvalue weighted by Crippen LogP contribution is 2.40. The summed E-state index contributed by atoms with van der Waals surface area (Å²) in [5.41, 5.74) is 2.09. The van der Waals surface area contributed by atoms with Crippen LogP contribution in [0.25, 0.3) is 11.3 Å². The van der Waals surface area contributed by atoms with Crippen LogP contribution in [0.4, 0.5) is 11.4 Å². The van der Waals surface area contributed by atoms with Crippen molar-refractivity contribution in [3.63, 3.8) is 0 Å². The summed E-state index contributed by atoms with van der Waals surface area (Å²) < 4.78 is 6.13. The van der Waals surface area contributed by atoms with Gasteiger partial charge < -0.3 is 15.2 Å². The predicted molar refractivity (Wildman–Crippen MR) is 117 cm³/mol. The quantitative estimate of drug-likeness (QED) is 0.228. The second-order valence-corrected chi connectivity index (χ2v) is 8.06. The van der Waals surface area contributed by atoms with Crippen LogP contribution in [-0.2, 0) is 0 Å². The lowest BCUT2D eigenvalue weighted by Crippen LogP contribution is -2.17. The summed E-state index contributed by atoms with van der Waals surface area (Å²) in [5, 5.41) is 33.4. The lowest BCUT2D eigenvalue weighted by Gasteiger charge is -2.19. The second-order valence-electron chi connectivity index (χ2n) is 7.00. The number of nitrogens with one attached hydrogen (secondary N) is 1. The predicted octanol–water partition coefficient (Wildman–Crippen LogP) is 4.94. The molecule has 10 heteroatoms. The molecule has 1 aliphatic heterocycles. The maximum atomic E-state index is 11.3. The van der Waals surface area contributed by atoms with E-state index >= 15 is 0 Å². The Morgan fingerprint density at radius 2 is 2.06 bits per heavy atom. The van der Waals surface area contributed by atoms with E-state index in [0.717, 1.165) is 36.3 Å². The van der Waals surface area contributed by atoms with Crippen molar-refractivity contribution in [1.29, 1.82) is 0 Å². The third kappa shape index (κ3) is 4.53. The van der Waals surface area contributed by atoms with Gasteiger partial charge in [-0.2, -0.15) is 4.98 Å². The lowest BCUT2D eigenvalue weighted by molar-refractivity contribution is -0.386. The van der Waals surface area contributed by atoms with Crippen molar-refractivity contribution in [2.75, 3.05) is 11.1 Å². The lowest BCUT2D eigenvalue weighted by atomic mass is 10.1. The molecule has 0 unspecified atom stereocenters. The Hall–Kier alpha value is -3.40. The molecule has 1 aliphatic rings. The van der Waals surface area contributed by atoms with E-state index in [4.69, 9.17) is 4.74 Å². The number of anilines is 1. The maximum Gasteiger partial charge on any atom is 0.311 e. The Labute approximate surface area is 183 Å². The molecule has 2 N–H and O–H groups in total. The Kier molecular flexibility index (Phi) is 6.17. The van der Waals surface area contributed by atoms with Gasteiger partial charge in [0.2, 0.25) is 11.0 Å². The van der Waals surface area contributed by atoms with Gasteiger partial charge in [0.1, 0.15) is 0 Å². The summed E-state index contributed by atoms with van der Waals surface area (Å²) in [5.74, 6) is 0.778. The van der Waals surface area contributed by atoms with Gasteiger partial charge >= 0.3 is 5.69 Å². The van der Waals surface area contributed by atoms with Crippen LogP contribution in [0.3, 0.4) is 0 Å². The molecule has 0 radical (unpaired) electrons. The van der Waals surface area contributed by atoms with E-state index in [-0.39, 0.29) is 0 Å². The Bertz CT molecular complexity index is 1110. The Balaban J connectivity index is 1.71. The normalized spacial score (nSPS) is 14.5. The number of phenols is 1. The molecule has 9 nitrogen and oxygen atoms in total. The van der Waals surface area contributed by atoms with E-state index in [2.05, 4.69) is 27.4 Å². The fraction of sp³-hybridized carbons (Fsp3) is 0.286. The maximum absolute atomic E-state index is 11.3. The molecule has 1 aromatic heterocycles. The molecule has 0 aliphatic carbocycles. The Morgan fingerprint density at radius 3 is 2.87 bits per heavy atom. The zero-order valence-corrected chi connectivity index (χ0v) is 17.6. The largest absolute Gasteiger partial charge is 0.502 e. The summed E-state index contributed by atoms with van der Waals surface area (Å²) in [6.07, 6.45) is 2.57. The van der Waals surface area contributed by atoms with Gasteiger partial charge in [-0.05, 0) is 24.6 Å². The summed E-state index contributed by atoms with van der Waals surface area (Å²) >= 11 is 1.52. The SMILES string of the molecule is CCCCCSc1nnc2c(n1)O[C@H](c1ccc(O)c([N+](=O)[O-])c1)Nc1ccccc1-2. The molecular formula is C21H21N5O4S. The standard InChI is InChI=1S/C21H21N5O4S/c1-2-3-6-11-31-21-23-20-18(24-25-21)14-7-4-5-8-15(14)22-19(30-20)13-9-10-17(27)16(12-13)26(28)29/h4-5,7-10,12,19,22,27H,2-3,6,11H2,1H3/t19-/m1/s1. The number of nitro groups is 1. The number of aromatic nitrogens is 3. The van der Waals surface area contributed by atoms with Gasteiger partial charge in [-0.15, -0.1) is 10.2 Å². The van der Waals surface area contributed by atoms with Gasteiger partial charge in [0.25, 0.3) is 0 Å². The molecule has 0 saturated carbocycles. The van der Waals surface area contributed by atoms with Gasteiger partial charge in [-0.3, -0.25) is 10.1 Å².